The molecule has 0 aromatic heterocycles. The van der Waals surface area contributed by atoms with Gasteiger partial charge in [0.2, 0.25) is 5.91 Å². The molecule has 1 rings (SSSR count). The quantitative estimate of drug-likeness (QED) is 0.846. The number of halogens is 1. The third-order valence-electron chi connectivity index (χ3n) is 2.22. The number of methoxy groups -OCH3 is 1. The highest BCUT2D eigenvalue weighted by Gasteiger charge is 2.08. The van der Waals surface area contributed by atoms with Crippen molar-refractivity contribution in [3.8, 4) is 0 Å². The van der Waals surface area contributed by atoms with Crippen molar-refractivity contribution in [2.75, 3.05) is 23.9 Å². The Kier molecular flexibility index (Phi) is 6.01. The summed E-state index contributed by atoms with van der Waals surface area (Å²) in [7, 11) is 1.32. The lowest BCUT2D eigenvalue weighted by molar-refractivity contribution is -0.137. The van der Waals surface area contributed by atoms with Crippen LogP contribution in [0.3, 0.4) is 0 Å². The van der Waals surface area contributed by atoms with Gasteiger partial charge in [0.1, 0.15) is 0 Å². The number of hydrogen-bond acceptors (Lipinski definition) is 4. The summed E-state index contributed by atoms with van der Waals surface area (Å²) in [6, 6.07) is 5.31. The van der Waals surface area contributed by atoms with Gasteiger partial charge in [0.15, 0.2) is 0 Å². The predicted molar refractivity (Wildman–Crippen MR) is 74.2 cm³/mol. The Morgan fingerprint density at radius 3 is 2.78 bits per heavy atom. The summed E-state index contributed by atoms with van der Waals surface area (Å²) in [5, 5.41) is 3.35. The molecule has 0 aliphatic rings. The van der Waals surface area contributed by atoms with Crippen molar-refractivity contribution in [3.63, 3.8) is 0 Å². The van der Waals surface area contributed by atoms with Gasteiger partial charge < -0.3 is 10.1 Å². The molecule has 18 heavy (non-hydrogen) atoms. The second-order valence-corrected chi connectivity index (χ2v) is 4.92. The standard InChI is InChI=1S/C12H14ClNO3S/c1-8-9(13)4-3-5-10(8)14-11(15)6-18-7-12(16)17-2/h3-5H,6-7H2,1-2H3,(H,14,15). The van der Waals surface area contributed by atoms with Gasteiger partial charge in [-0.3, -0.25) is 9.59 Å². The second-order valence-electron chi connectivity index (χ2n) is 3.53. The molecule has 0 saturated carbocycles. The van der Waals surface area contributed by atoms with Crippen molar-refractivity contribution in [2.45, 2.75) is 6.92 Å². The molecule has 1 amide bonds. The molecule has 0 aliphatic heterocycles. The highest BCUT2D eigenvalue weighted by atomic mass is 35.5. The normalized spacial score (nSPS) is 9.94. The molecule has 0 unspecified atom stereocenters. The lowest BCUT2D eigenvalue weighted by atomic mass is 10.2. The van der Waals surface area contributed by atoms with Gasteiger partial charge in [-0.25, -0.2) is 0 Å². The van der Waals surface area contributed by atoms with Crippen molar-refractivity contribution < 1.29 is 14.3 Å². The molecule has 6 heteroatoms. The van der Waals surface area contributed by atoms with E-state index in [0.717, 1.165) is 5.56 Å². The first kappa shape index (κ1) is 14.9. The number of carbonyl (C=O) groups is 2. The van der Waals surface area contributed by atoms with Crippen LogP contribution < -0.4 is 5.32 Å². The van der Waals surface area contributed by atoms with Gasteiger partial charge in [0.25, 0.3) is 0 Å². The molecule has 0 atom stereocenters. The number of ether oxygens (including phenoxy) is 1. The fourth-order valence-corrected chi connectivity index (χ4v) is 2.03. The first-order valence-electron chi connectivity index (χ1n) is 5.24. The van der Waals surface area contributed by atoms with Gasteiger partial charge in [0.05, 0.1) is 18.6 Å². The second kappa shape index (κ2) is 7.28. The minimum Gasteiger partial charge on any atom is -0.468 e. The summed E-state index contributed by atoms with van der Waals surface area (Å²) in [6.45, 7) is 1.83. The largest absolute Gasteiger partial charge is 0.468 e. The van der Waals surface area contributed by atoms with E-state index in [0.29, 0.717) is 10.7 Å². The van der Waals surface area contributed by atoms with Crippen LogP contribution in [-0.4, -0.2) is 30.5 Å². The third-order valence-corrected chi connectivity index (χ3v) is 3.54. The van der Waals surface area contributed by atoms with Gasteiger partial charge in [-0.1, -0.05) is 17.7 Å². The summed E-state index contributed by atoms with van der Waals surface area (Å²) in [5.74, 6) is -0.152. The number of carbonyl (C=O) groups excluding carboxylic acids is 2. The Morgan fingerprint density at radius 1 is 1.39 bits per heavy atom. The molecule has 1 aromatic rings. The summed E-state index contributed by atoms with van der Waals surface area (Å²) in [6.07, 6.45) is 0. The van der Waals surface area contributed by atoms with Gasteiger partial charge in [-0.2, -0.15) is 0 Å². The molecule has 0 aliphatic carbocycles. The number of nitrogens with one attached hydrogen (secondary N) is 1. The molecule has 0 fully saturated rings. The molecule has 0 bridgehead atoms. The lowest BCUT2D eigenvalue weighted by Gasteiger charge is -2.09. The van der Waals surface area contributed by atoms with E-state index in [1.807, 2.05) is 6.92 Å². The number of hydrogen-bond donors (Lipinski definition) is 1. The first-order chi connectivity index (χ1) is 8.54. The van der Waals surface area contributed by atoms with E-state index in [9.17, 15) is 9.59 Å². The predicted octanol–water partition coefficient (Wildman–Crippen LogP) is 2.49. The minimum absolute atomic E-state index is 0.165. The number of esters is 1. The zero-order chi connectivity index (χ0) is 13.5. The molecule has 0 radical (unpaired) electrons. The maximum absolute atomic E-state index is 11.6. The van der Waals surface area contributed by atoms with Gasteiger partial charge in [-0.15, -0.1) is 11.8 Å². The zero-order valence-electron chi connectivity index (χ0n) is 10.2. The summed E-state index contributed by atoms with van der Waals surface area (Å²) < 4.78 is 4.48. The van der Waals surface area contributed by atoms with Gasteiger partial charge in [0, 0.05) is 10.7 Å². The average Bonchev–Trinajstić information content (AvgIpc) is 2.34. The van der Waals surface area contributed by atoms with Crippen LogP contribution in [0.5, 0.6) is 0 Å². The molecule has 0 spiro atoms. The molecule has 1 N–H and O–H groups in total. The van der Waals surface area contributed by atoms with Crippen LogP contribution in [0, 0.1) is 6.92 Å². The molecule has 0 saturated heterocycles. The number of rotatable bonds is 5. The number of thioether (sulfide) groups is 1. The van der Waals surface area contributed by atoms with Crippen molar-refractivity contribution in [1.82, 2.24) is 0 Å². The van der Waals surface area contributed by atoms with Crippen LogP contribution in [-0.2, 0) is 14.3 Å². The summed E-state index contributed by atoms with van der Waals surface area (Å²) in [4.78, 5) is 22.5. The maximum atomic E-state index is 11.6. The number of benzene rings is 1. The highest BCUT2D eigenvalue weighted by molar-refractivity contribution is 8.00. The molecule has 0 heterocycles. The van der Waals surface area contributed by atoms with Crippen LogP contribution in [0.1, 0.15) is 5.56 Å². The van der Waals surface area contributed by atoms with E-state index in [1.165, 1.54) is 18.9 Å². The number of anilines is 1. The third kappa shape index (κ3) is 4.58. The smallest absolute Gasteiger partial charge is 0.315 e. The van der Waals surface area contributed by atoms with Crippen molar-refractivity contribution >= 4 is 40.9 Å². The summed E-state index contributed by atoms with van der Waals surface area (Å²) >= 11 is 7.15. The van der Waals surface area contributed by atoms with Crippen LogP contribution in [0.4, 0.5) is 5.69 Å². The van der Waals surface area contributed by atoms with E-state index in [1.54, 1.807) is 18.2 Å². The van der Waals surface area contributed by atoms with Crippen molar-refractivity contribution in [2.24, 2.45) is 0 Å². The molecule has 98 valence electrons. The Labute approximate surface area is 115 Å². The number of amides is 1. The van der Waals surface area contributed by atoms with Gasteiger partial charge >= 0.3 is 5.97 Å². The average molecular weight is 288 g/mol. The SMILES string of the molecule is COC(=O)CSCC(=O)Nc1cccc(Cl)c1C. The minimum atomic E-state index is -0.341. The van der Waals surface area contributed by atoms with E-state index in [-0.39, 0.29) is 23.4 Å². The van der Waals surface area contributed by atoms with E-state index >= 15 is 0 Å². The fourth-order valence-electron chi connectivity index (χ4n) is 1.22. The molecular formula is C12H14ClNO3S. The van der Waals surface area contributed by atoms with Crippen LogP contribution in [0.2, 0.25) is 5.02 Å². The maximum Gasteiger partial charge on any atom is 0.315 e. The fraction of sp³-hybridized carbons (Fsp3) is 0.333. The zero-order valence-corrected chi connectivity index (χ0v) is 11.7. The Morgan fingerprint density at radius 2 is 2.11 bits per heavy atom. The topological polar surface area (TPSA) is 55.4 Å². The highest BCUT2D eigenvalue weighted by Crippen LogP contribution is 2.22. The van der Waals surface area contributed by atoms with Crippen LogP contribution >= 0.6 is 23.4 Å². The van der Waals surface area contributed by atoms with E-state index in [4.69, 9.17) is 11.6 Å². The Bertz CT molecular complexity index is 451. The molecule has 1 aromatic carbocycles. The monoisotopic (exact) mass is 287 g/mol. The van der Waals surface area contributed by atoms with Gasteiger partial charge in [-0.05, 0) is 24.6 Å². The van der Waals surface area contributed by atoms with Crippen molar-refractivity contribution in [1.29, 1.82) is 0 Å². The Hall–Kier alpha value is -1.20. The van der Waals surface area contributed by atoms with E-state index in [2.05, 4.69) is 10.1 Å². The van der Waals surface area contributed by atoms with Crippen LogP contribution in [0.25, 0.3) is 0 Å². The van der Waals surface area contributed by atoms with Crippen LogP contribution in [0.15, 0.2) is 18.2 Å². The van der Waals surface area contributed by atoms with Crippen molar-refractivity contribution in [3.05, 3.63) is 28.8 Å². The Balaban J connectivity index is 2.45. The van der Waals surface area contributed by atoms with E-state index < -0.39 is 0 Å². The molecule has 4 nitrogen and oxygen atoms in total. The molecular weight excluding hydrogens is 274 g/mol. The first-order valence-corrected chi connectivity index (χ1v) is 6.77. The summed E-state index contributed by atoms with van der Waals surface area (Å²) in [5.41, 5.74) is 1.51. The lowest BCUT2D eigenvalue weighted by Crippen LogP contribution is -2.16.